The summed E-state index contributed by atoms with van der Waals surface area (Å²) < 4.78 is 13.0. The van der Waals surface area contributed by atoms with Gasteiger partial charge in [-0.25, -0.2) is 0 Å². The summed E-state index contributed by atoms with van der Waals surface area (Å²) in [4.78, 5) is 6.68. The minimum atomic E-state index is 0. The number of aryl methyl sites for hydroxylation is 1. The SMILES string of the molecule is CN=C(NCCc1cccc(OC)c1)N1CCOC(c2cnn(C)c2)C1.I. The Morgan fingerprint density at radius 1 is 1.44 bits per heavy atom. The monoisotopic (exact) mass is 485 g/mol. The molecule has 1 aliphatic rings. The van der Waals surface area contributed by atoms with Crippen LogP contribution in [0.25, 0.3) is 0 Å². The molecule has 0 radical (unpaired) electrons. The molecule has 0 bridgehead atoms. The second-order valence-corrected chi connectivity index (χ2v) is 6.33. The molecule has 1 N–H and O–H groups in total. The third kappa shape index (κ3) is 5.83. The van der Waals surface area contributed by atoms with Crippen molar-refractivity contribution >= 4 is 29.9 Å². The van der Waals surface area contributed by atoms with Crippen LogP contribution in [-0.4, -0.2) is 61.0 Å². The van der Waals surface area contributed by atoms with Crippen LogP contribution < -0.4 is 10.1 Å². The molecule has 1 unspecified atom stereocenters. The zero-order chi connectivity index (χ0) is 18.4. The van der Waals surface area contributed by atoms with Crippen molar-refractivity contribution in [2.45, 2.75) is 12.5 Å². The van der Waals surface area contributed by atoms with Gasteiger partial charge in [-0.2, -0.15) is 5.10 Å². The fourth-order valence-electron chi connectivity index (χ4n) is 3.13. The topological polar surface area (TPSA) is 63.9 Å². The van der Waals surface area contributed by atoms with E-state index >= 15 is 0 Å². The Morgan fingerprint density at radius 2 is 2.30 bits per heavy atom. The Labute approximate surface area is 177 Å². The highest BCUT2D eigenvalue weighted by Gasteiger charge is 2.24. The van der Waals surface area contributed by atoms with Crippen LogP contribution in [0.3, 0.4) is 0 Å². The molecule has 1 aliphatic heterocycles. The molecule has 1 aromatic heterocycles. The summed E-state index contributed by atoms with van der Waals surface area (Å²) in [7, 11) is 5.43. The van der Waals surface area contributed by atoms with E-state index in [2.05, 4.69) is 32.4 Å². The predicted molar refractivity (Wildman–Crippen MR) is 117 cm³/mol. The maximum absolute atomic E-state index is 5.91. The molecule has 27 heavy (non-hydrogen) atoms. The number of ether oxygens (including phenoxy) is 2. The van der Waals surface area contributed by atoms with Gasteiger partial charge in [0, 0.05) is 38.9 Å². The predicted octanol–water partition coefficient (Wildman–Crippen LogP) is 2.24. The van der Waals surface area contributed by atoms with Crippen LogP contribution in [0.2, 0.25) is 0 Å². The maximum atomic E-state index is 5.91. The van der Waals surface area contributed by atoms with Crippen LogP contribution in [0.5, 0.6) is 5.75 Å². The standard InChI is InChI=1S/C19H27N5O2.HI/c1-20-19(21-8-7-15-5-4-6-17(11-15)25-3)24-9-10-26-18(14-24)16-12-22-23(2)13-16;/h4-6,11-13,18H,7-10,14H2,1-3H3,(H,20,21);1H. The summed E-state index contributed by atoms with van der Waals surface area (Å²) in [6, 6.07) is 8.16. The largest absolute Gasteiger partial charge is 0.497 e. The summed E-state index contributed by atoms with van der Waals surface area (Å²) >= 11 is 0. The molecule has 3 rings (SSSR count). The number of halogens is 1. The number of hydrogen-bond donors (Lipinski definition) is 1. The molecule has 1 saturated heterocycles. The Kier molecular flexibility index (Phi) is 8.36. The van der Waals surface area contributed by atoms with Crippen LogP contribution in [0.1, 0.15) is 17.2 Å². The molecule has 1 aromatic carbocycles. The number of rotatable bonds is 5. The molecule has 7 nitrogen and oxygen atoms in total. The van der Waals surface area contributed by atoms with E-state index in [9.17, 15) is 0 Å². The molecule has 0 aliphatic carbocycles. The van der Waals surface area contributed by atoms with Crippen molar-refractivity contribution < 1.29 is 9.47 Å². The summed E-state index contributed by atoms with van der Waals surface area (Å²) in [5.74, 6) is 1.80. The van der Waals surface area contributed by atoms with Crippen molar-refractivity contribution in [3.63, 3.8) is 0 Å². The Hall–Kier alpha value is -1.81. The number of aromatic nitrogens is 2. The molecule has 2 aromatic rings. The molecule has 2 heterocycles. The van der Waals surface area contributed by atoms with Crippen LogP contribution in [0.15, 0.2) is 41.7 Å². The van der Waals surface area contributed by atoms with Crippen molar-refractivity contribution in [3.05, 3.63) is 47.8 Å². The van der Waals surface area contributed by atoms with Crippen LogP contribution in [0.4, 0.5) is 0 Å². The zero-order valence-corrected chi connectivity index (χ0v) is 18.4. The first-order chi connectivity index (χ1) is 12.7. The number of nitrogens with zero attached hydrogens (tertiary/aromatic N) is 4. The highest BCUT2D eigenvalue weighted by Crippen LogP contribution is 2.21. The van der Waals surface area contributed by atoms with E-state index in [0.29, 0.717) is 6.61 Å². The van der Waals surface area contributed by atoms with Gasteiger partial charge in [0.1, 0.15) is 11.9 Å². The fourth-order valence-corrected chi connectivity index (χ4v) is 3.13. The minimum Gasteiger partial charge on any atom is -0.497 e. The fraction of sp³-hybridized carbons (Fsp3) is 0.474. The lowest BCUT2D eigenvalue weighted by molar-refractivity contribution is -0.00800. The summed E-state index contributed by atoms with van der Waals surface area (Å²) in [6.07, 6.45) is 4.81. The average molecular weight is 485 g/mol. The van der Waals surface area contributed by atoms with Gasteiger partial charge < -0.3 is 19.7 Å². The third-order valence-corrected chi connectivity index (χ3v) is 4.51. The van der Waals surface area contributed by atoms with E-state index in [-0.39, 0.29) is 30.1 Å². The van der Waals surface area contributed by atoms with Gasteiger partial charge in [0.05, 0.1) is 26.5 Å². The minimum absolute atomic E-state index is 0. The molecule has 0 saturated carbocycles. The van der Waals surface area contributed by atoms with Gasteiger partial charge in [-0.05, 0) is 24.1 Å². The van der Waals surface area contributed by atoms with Gasteiger partial charge in [-0.1, -0.05) is 12.1 Å². The zero-order valence-electron chi connectivity index (χ0n) is 16.1. The van der Waals surface area contributed by atoms with Gasteiger partial charge in [0.25, 0.3) is 0 Å². The molecule has 0 amide bonds. The molecule has 0 spiro atoms. The van der Waals surface area contributed by atoms with Crippen LogP contribution >= 0.6 is 24.0 Å². The van der Waals surface area contributed by atoms with Crippen molar-refractivity contribution in [1.82, 2.24) is 20.0 Å². The van der Waals surface area contributed by atoms with Crippen molar-refractivity contribution in [3.8, 4) is 5.75 Å². The average Bonchev–Trinajstić information content (AvgIpc) is 3.12. The quantitative estimate of drug-likeness (QED) is 0.400. The smallest absolute Gasteiger partial charge is 0.193 e. The van der Waals surface area contributed by atoms with E-state index in [1.165, 1.54) is 5.56 Å². The van der Waals surface area contributed by atoms with Crippen molar-refractivity contribution in [1.29, 1.82) is 0 Å². The number of methoxy groups -OCH3 is 1. The first-order valence-electron chi connectivity index (χ1n) is 8.88. The number of morpholine rings is 1. The van der Waals surface area contributed by atoms with Gasteiger partial charge in [-0.15, -0.1) is 24.0 Å². The number of benzene rings is 1. The molecule has 1 atom stereocenters. The van der Waals surface area contributed by atoms with E-state index < -0.39 is 0 Å². The summed E-state index contributed by atoms with van der Waals surface area (Å²) in [6.45, 7) is 3.09. The first kappa shape index (κ1) is 21.5. The van der Waals surface area contributed by atoms with E-state index in [1.807, 2.05) is 38.6 Å². The van der Waals surface area contributed by atoms with Gasteiger partial charge >= 0.3 is 0 Å². The van der Waals surface area contributed by atoms with Gasteiger partial charge in [0.2, 0.25) is 0 Å². The Morgan fingerprint density at radius 3 is 3.00 bits per heavy atom. The number of hydrogen-bond acceptors (Lipinski definition) is 4. The summed E-state index contributed by atoms with van der Waals surface area (Å²) in [5, 5.41) is 7.70. The van der Waals surface area contributed by atoms with E-state index in [0.717, 1.165) is 43.3 Å². The van der Waals surface area contributed by atoms with Crippen LogP contribution in [0, 0.1) is 0 Å². The van der Waals surface area contributed by atoms with Crippen LogP contribution in [-0.2, 0) is 18.2 Å². The molecular weight excluding hydrogens is 457 g/mol. The Bertz CT molecular complexity index is 749. The number of aliphatic imine (C=N–C) groups is 1. The number of guanidine groups is 1. The van der Waals surface area contributed by atoms with Gasteiger partial charge in [0.15, 0.2) is 5.96 Å². The summed E-state index contributed by atoms with van der Waals surface area (Å²) in [5.41, 5.74) is 2.34. The van der Waals surface area contributed by atoms with Gasteiger partial charge in [-0.3, -0.25) is 9.67 Å². The van der Waals surface area contributed by atoms with Crippen molar-refractivity contribution in [2.75, 3.05) is 40.4 Å². The van der Waals surface area contributed by atoms with Crippen molar-refractivity contribution in [2.24, 2.45) is 12.0 Å². The maximum Gasteiger partial charge on any atom is 0.193 e. The lowest BCUT2D eigenvalue weighted by Gasteiger charge is -2.34. The first-order valence-corrected chi connectivity index (χ1v) is 8.88. The molecular formula is C19H28IN5O2. The third-order valence-electron chi connectivity index (χ3n) is 4.51. The lowest BCUT2D eigenvalue weighted by Crippen LogP contribution is -2.48. The molecule has 148 valence electrons. The second-order valence-electron chi connectivity index (χ2n) is 6.33. The lowest BCUT2D eigenvalue weighted by atomic mass is 10.1. The van der Waals surface area contributed by atoms with E-state index in [1.54, 1.807) is 11.8 Å². The van der Waals surface area contributed by atoms with E-state index in [4.69, 9.17) is 9.47 Å². The molecule has 1 fully saturated rings. The Balaban J connectivity index is 0.00000261. The highest BCUT2D eigenvalue weighted by molar-refractivity contribution is 14.0. The number of nitrogens with one attached hydrogen (secondary N) is 1. The molecule has 8 heteroatoms. The second kappa shape index (κ2) is 10.5. The normalized spacial score (nSPS) is 17.4. The highest BCUT2D eigenvalue weighted by atomic mass is 127.